The first-order valence-corrected chi connectivity index (χ1v) is 7.23. The molecule has 0 radical (unpaired) electrons. The lowest BCUT2D eigenvalue weighted by molar-refractivity contribution is 0.0949. The molecule has 1 aliphatic carbocycles. The molecule has 1 aromatic rings. The Hall–Kier alpha value is -1.50. The van der Waals surface area contributed by atoms with E-state index in [0.717, 1.165) is 12.8 Å². The zero-order chi connectivity index (χ0) is 14.5. The SMILES string of the molecule is CCCC1CC1NC(=O)c1ccc(C#CCO)c(Cl)c1. The van der Waals surface area contributed by atoms with E-state index in [1.165, 1.54) is 6.42 Å². The van der Waals surface area contributed by atoms with Crippen molar-refractivity contribution in [3.63, 3.8) is 0 Å². The van der Waals surface area contributed by atoms with Crippen molar-refractivity contribution in [3.05, 3.63) is 34.3 Å². The summed E-state index contributed by atoms with van der Waals surface area (Å²) >= 11 is 6.08. The largest absolute Gasteiger partial charge is 0.384 e. The number of benzene rings is 1. The fraction of sp³-hybridized carbons (Fsp3) is 0.438. The molecule has 1 aliphatic rings. The van der Waals surface area contributed by atoms with Crippen molar-refractivity contribution in [2.24, 2.45) is 5.92 Å². The van der Waals surface area contributed by atoms with E-state index in [2.05, 4.69) is 24.1 Å². The number of halogens is 1. The average Bonchev–Trinajstić information content (AvgIpc) is 3.15. The van der Waals surface area contributed by atoms with Crippen molar-refractivity contribution >= 4 is 17.5 Å². The molecule has 106 valence electrons. The van der Waals surface area contributed by atoms with Gasteiger partial charge in [-0.1, -0.05) is 36.8 Å². The van der Waals surface area contributed by atoms with E-state index in [-0.39, 0.29) is 12.5 Å². The summed E-state index contributed by atoms with van der Waals surface area (Å²) in [7, 11) is 0. The van der Waals surface area contributed by atoms with Gasteiger partial charge < -0.3 is 10.4 Å². The van der Waals surface area contributed by atoms with Crippen molar-refractivity contribution in [1.29, 1.82) is 0 Å². The second kappa shape index (κ2) is 6.78. The highest BCUT2D eigenvalue weighted by Crippen LogP contribution is 2.34. The van der Waals surface area contributed by atoms with Gasteiger partial charge in [-0.05, 0) is 37.0 Å². The Morgan fingerprint density at radius 1 is 1.55 bits per heavy atom. The molecule has 0 aromatic heterocycles. The fourth-order valence-electron chi connectivity index (χ4n) is 2.26. The van der Waals surface area contributed by atoms with Gasteiger partial charge in [0.2, 0.25) is 0 Å². The summed E-state index contributed by atoms with van der Waals surface area (Å²) in [5.41, 5.74) is 1.17. The van der Waals surface area contributed by atoms with Crippen LogP contribution in [0.2, 0.25) is 5.02 Å². The van der Waals surface area contributed by atoms with Crippen molar-refractivity contribution in [2.45, 2.75) is 32.2 Å². The van der Waals surface area contributed by atoms with E-state index >= 15 is 0 Å². The first kappa shape index (κ1) is 14.9. The Bertz CT molecular complexity index is 559. The van der Waals surface area contributed by atoms with Gasteiger partial charge in [-0.25, -0.2) is 0 Å². The van der Waals surface area contributed by atoms with E-state index < -0.39 is 0 Å². The molecule has 20 heavy (non-hydrogen) atoms. The molecule has 0 bridgehead atoms. The molecule has 2 atom stereocenters. The number of carbonyl (C=O) groups excluding carboxylic acids is 1. The molecule has 1 aromatic carbocycles. The van der Waals surface area contributed by atoms with Crippen LogP contribution in [0.4, 0.5) is 0 Å². The van der Waals surface area contributed by atoms with Crippen LogP contribution in [-0.4, -0.2) is 23.7 Å². The van der Waals surface area contributed by atoms with Gasteiger partial charge in [0.15, 0.2) is 0 Å². The summed E-state index contributed by atoms with van der Waals surface area (Å²) in [4.78, 5) is 12.1. The average molecular weight is 292 g/mol. The molecule has 0 saturated heterocycles. The molecule has 2 unspecified atom stereocenters. The summed E-state index contributed by atoms with van der Waals surface area (Å²) < 4.78 is 0. The first-order chi connectivity index (χ1) is 9.65. The smallest absolute Gasteiger partial charge is 0.251 e. The van der Waals surface area contributed by atoms with Crippen molar-refractivity contribution in [2.75, 3.05) is 6.61 Å². The Balaban J connectivity index is 1.99. The molecule has 1 fully saturated rings. The second-order valence-corrected chi connectivity index (χ2v) is 5.43. The molecule has 1 saturated carbocycles. The third kappa shape index (κ3) is 3.75. The van der Waals surface area contributed by atoms with Gasteiger partial charge >= 0.3 is 0 Å². The van der Waals surface area contributed by atoms with E-state index in [0.29, 0.717) is 28.1 Å². The van der Waals surface area contributed by atoms with Gasteiger partial charge in [-0.15, -0.1) is 0 Å². The summed E-state index contributed by atoms with van der Waals surface area (Å²) in [6.45, 7) is 1.95. The number of aliphatic hydroxyl groups excluding tert-OH is 1. The molecular weight excluding hydrogens is 274 g/mol. The summed E-state index contributed by atoms with van der Waals surface area (Å²) in [6, 6.07) is 5.35. The van der Waals surface area contributed by atoms with Gasteiger partial charge in [0.25, 0.3) is 5.91 Å². The number of carbonyl (C=O) groups is 1. The summed E-state index contributed by atoms with van der Waals surface area (Å²) in [5, 5.41) is 12.1. The van der Waals surface area contributed by atoms with Gasteiger partial charge in [0, 0.05) is 17.2 Å². The van der Waals surface area contributed by atoms with E-state index in [9.17, 15) is 4.79 Å². The highest BCUT2D eigenvalue weighted by molar-refractivity contribution is 6.32. The maximum absolute atomic E-state index is 12.1. The maximum atomic E-state index is 12.1. The van der Waals surface area contributed by atoms with Crippen LogP contribution in [0.3, 0.4) is 0 Å². The number of hydrogen-bond acceptors (Lipinski definition) is 2. The standard InChI is InChI=1S/C16H18ClNO2/c1-2-4-12-10-15(12)18-16(20)13-7-6-11(5-3-8-19)14(17)9-13/h6-7,9,12,15,19H,2,4,8,10H2,1H3,(H,18,20). The van der Waals surface area contributed by atoms with Crippen LogP contribution in [0, 0.1) is 17.8 Å². The minimum absolute atomic E-state index is 0.0860. The van der Waals surface area contributed by atoms with Crippen molar-refractivity contribution in [1.82, 2.24) is 5.32 Å². The minimum atomic E-state index is -0.209. The van der Waals surface area contributed by atoms with E-state index in [1.807, 2.05) is 0 Å². The van der Waals surface area contributed by atoms with E-state index in [4.69, 9.17) is 16.7 Å². The van der Waals surface area contributed by atoms with Gasteiger partial charge in [-0.2, -0.15) is 0 Å². The van der Waals surface area contributed by atoms with Crippen LogP contribution in [0.25, 0.3) is 0 Å². The third-order valence-corrected chi connectivity index (χ3v) is 3.74. The van der Waals surface area contributed by atoms with Gasteiger partial charge in [-0.3, -0.25) is 4.79 Å². The minimum Gasteiger partial charge on any atom is -0.384 e. The van der Waals surface area contributed by atoms with Crippen molar-refractivity contribution in [3.8, 4) is 11.8 Å². The molecule has 0 heterocycles. The first-order valence-electron chi connectivity index (χ1n) is 6.85. The molecule has 0 spiro atoms. The lowest BCUT2D eigenvalue weighted by atomic mass is 10.1. The van der Waals surface area contributed by atoms with Crippen LogP contribution >= 0.6 is 11.6 Å². The number of amides is 1. The normalized spacial score (nSPS) is 19.9. The quantitative estimate of drug-likeness (QED) is 0.838. The lowest BCUT2D eigenvalue weighted by Gasteiger charge is -2.06. The monoisotopic (exact) mass is 291 g/mol. The molecule has 0 aliphatic heterocycles. The number of aliphatic hydroxyl groups is 1. The lowest BCUT2D eigenvalue weighted by Crippen LogP contribution is -2.26. The highest BCUT2D eigenvalue weighted by Gasteiger charge is 2.37. The predicted octanol–water partition coefficient (Wildman–Crippen LogP) is 2.60. The van der Waals surface area contributed by atoms with Crippen LogP contribution in [0.1, 0.15) is 42.1 Å². The topological polar surface area (TPSA) is 49.3 Å². The Morgan fingerprint density at radius 2 is 2.35 bits per heavy atom. The van der Waals surface area contributed by atoms with E-state index in [1.54, 1.807) is 18.2 Å². The van der Waals surface area contributed by atoms with Gasteiger partial charge in [0.1, 0.15) is 6.61 Å². The van der Waals surface area contributed by atoms with Crippen molar-refractivity contribution < 1.29 is 9.90 Å². The van der Waals surface area contributed by atoms with Crippen LogP contribution in [0.5, 0.6) is 0 Å². The second-order valence-electron chi connectivity index (χ2n) is 5.02. The molecule has 1 amide bonds. The summed E-state index contributed by atoms with van der Waals surface area (Å²) in [5.74, 6) is 5.83. The Morgan fingerprint density at radius 3 is 3.00 bits per heavy atom. The van der Waals surface area contributed by atoms with Crippen LogP contribution in [0.15, 0.2) is 18.2 Å². The number of rotatable bonds is 4. The van der Waals surface area contributed by atoms with Gasteiger partial charge in [0.05, 0.1) is 5.02 Å². The molecule has 4 heteroatoms. The zero-order valence-corrected chi connectivity index (χ0v) is 12.2. The number of nitrogens with one attached hydrogen (secondary N) is 1. The fourth-order valence-corrected chi connectivity index (χ4v) is 2.49. The predicted molar refractivity (Wildman–Crippen MR) is 79.7 cm³/mol. The molecule has 2 N–H and O–H groups in total. The maximum Gasteiger partial charge on any atom is 0.251 e. The zero-order valence-electron chi connectivity index (χ0n) is 11.4. The molecular formula is C16H18ClNO2. The highest BCUT2D eigenvalue weighted by atomic mass is 35.5. The van der Waals surface area contributed by atoms with Crippen LogP contribution < -0.4 is 5.32 Å². The Labute approximate surface area is 124 Å². The van der Waals surface area contributed by atoms with Crippen LogP contribution in [-0.2, 0) is 0 Å². The number of hydrogen-bond donors (Lipinski definition) is 2. The molecule has 3 nitrogen and oxygen atoms in total. The molecule has 2 rings (SSSR count). The Kier molecular flexibility index (Phi) is 5.05. The third-order valence-electron chi connectivity index (χ3n) is 3.43. The summed E-state index contributed by atoms with van der Waals surface area (Å²) in [6.07, 6.45) is 3.40.